The number of fused-ring (bicyclic) bond motifs is 1. The monoisotopic (exact) mass is 417 g/mol. The summed E-state index contributed by atoms with van der Waals surface area (Å²) in [4.78, 5) is 29.5. The van der Waals surface area contributed by atoms with E-state index in [1.807, 2.05) is 26.3 Å². The highest BCUT2D eigenvalue weighted by atomic mass is 32.1. The molecule has 0 aliphatic carbocycles. The number of thiazole rings is 1. The van der Waals surface area contributed by atoms with E-state index in [9.17, 15) is 4.79 Å². The smallest absolute Gasteiger partial charge is 0.264 e. The van der Waals surface area contributed by atoms with Crippen LogP contribution in [-0.2, 0) is 11.3 Å². The summed E-state index contributed by atoms with van der Waals surface area (Å²) in [6.45, 7) is 5.97. The molecule has 4 heterocycles. The number of thiophene rings is 1. The topological polar surface area (TPSA) is 80.2 Å². The minimum Gasteiger partial charge on any atom is -0.376 e. The largest absolute Gasteiger partial charge is 0.376 e. The second kappa shape index (κ2) is 8.10. The van der Waals surface area contributed by atoms with E-state index in [-0.39, 0.29) is 12.0 Å². The van der Waals surface area contributed by atoms with Crippen molar-refractivity contribution in [1.82, 2.24) is 19.9 Å². The minimum absolute atomic E-state index is 0.0153. The van der Waals surface area contributed by atoms with Crippen LogP contribution in [0.2, 0.25) is 0 Å². The molecule has 1 N–H and O–H groups in total. The van der Waals surface area contributed by atoms with Crippen LogP contribution in [0.25, 0.3) is 10.2 Å². The van der Waals surface area contributed by atoms with Crippen molar-refractivity contribution < 1.29 is 9.53 Å². The molecule has 0 aromatic carbocycles. The van der Waals surface area contributed by atoms with Gasteiger partial charge in [0, 0.05) is 31.3 Å². The molecule has 1 fully saturated rings. The van der Waals surface area contributed by atoms with Gasteiger partial charge in [0.1, 0.15) is 22.0 Å². The summed E-state index contributed by atoms with van der Waals surface area (Å²) in [5, 5.41) is 7.25. The number of aryl methyl sites for hydroxylation is 2. The predicted molar refractivity (Wildman–Crippen MR) is 112 cm³/mol. The van der Waals surface area contributed by atoms with E-state index in [1.54, 1.807) is 22.6 Å². The predicted octanol–water partition coefficient (Wildman–Crippen LogP) is 3.63. The summed E-state index contributed by atoms with van der Waals surface area (Å²) < 4.78 is 5.68. The first-order valence-corrected chi connectivity index (χ1v) is 11.0. The van der Waals surface area contributed by atoms with Crippen LogP contribution in [0.15, 0.2) is 11.7 Å². The summed E-state index contributed by atoms with van der Waals surface area (Å²) in [5.74, 6) is 0.755. The number of nitrogens with zero attached hydrogens (tertiary/aromatic N) is 4. The number of aromatic nitrogens is 3. The number of hydrogen-bond donors (Lipinski definition) is 1. The maximum absolute atomic E-state index is 13.0. The Hall–Kier alpha value is -2.10. The van der Waals surface area contributed by atoms with Gasteiger partial charge in [0.15, 0.2) is 0 Å². The third kappa shape index (κ3) is 3.87. The Morgan fingerprint density at radius 2 is 2.25 bits per heavy atom. The quantitative estimate of drug-likeness (QED) is 0.660. The fourth-order valence-electron chi connectivity index (χ4n) is 3.35. The van der Waals surface area contributed by atoms with Crippen LogP contribution in [0.4, 0.5) is 5.82 Å². The SMILES string of the molecule is Cc1csc(CN(C)C(=O)c2sc3ncnc(NC[C@H]4CCCO4)c3c2C)n1. The lowest BCUT2D eigenvalue weighted by molar-refractivity contribution is 0.0789. The van der Waals surface area contributed by atoms with Crippen molar-refractivity contribution in [3.8, 4) is 0 Å². The Labute approximate surface area is 171 Å². The summed E-state index contributed by atoms with van der Waals surface area (Å²) in [5.41, 5.74) is 1.90. The summed E-state index contributed by atoms with van der Waals surface area (Å²) in [7, 11) is 1.81. The van der Waals surface area contributed by atoms with Gasteiger partial charge in [-0.1, -0.05) is 0 Å². The molecule has 28 heavy (non-hydrogen) atoms. The van der Waals surface area contributed by atoms with Crippen LogP contribution >= 0.6 is 22.7 Å². The van der Waals surface area contributed by atoms with E-state index in [0.717, 1.165) is 51.7 Å². The summed E-state index contributed by atoms with van der Waals surface area (Å²) in [6, 6.07) is 0. The lowest BCUT2D eigenvalue weighted by atomic mass is 10.2. The van der Waals surface area contributed by atoms with E-state index in [4.69, 9.17) is 4.74 Å². The van der Waals surface area contributed by atoms with Crippen LogP contribution in [0, 0.1) is 13.8 Å². The van der Waals surface area contributed by atoms with Crippen LogP contribution in [0.1, 0.15) is 38.8 Å². The maximum atomic E-state index is 13.0. The molecule has 0 spiro atoms. The van der Waals surface area contributed by atoms with Gasteiger partial charge in [0.05, 0.1) is 22.9 Å². The molecule has 4 rings (SSSR count). The molecule has 3 aromatic rings. The second-order valence-electron chi connectivity index (χ2n) is 7.02. The Morgan fingerprint density at radius 1 is 1.39 bits per heavy atom. The zero-order chi connectivity index (χ0) is 19.7. The van der Waals surface area contributed by atoms with Gasteiger partial charge in [0.25, 0.3) is 5.91 Å². The van der Waals surface area contributed by atoms with Crippen LogP contribution < -0.4 is 5.32 Å². The van der Waals surface area contributed by atoms with Crippen LogP contribution in [-0.4, -0.2) is 52.1 Å². The Balaban J connectivity index is 1.56. The van der Waals surface area contributed by atoms with Crippen molar-refractivity contribution in [2.45, 2.75) is 39.3 Å². The highest BCUT2D eigenvalue weighted by Gasteiger charge is 2.23. The van der Waals surface area contributed by atoms with Gasteiger partial charge in [-0.15, -0.1) is 22.7 Å². The average molecular weight is 418 g/mol. The highest BCUT2D eigenvalue weighted by Crippen LogP contribution is 2.34. The number of carbonyl (C=O) groups is 1. The molecule has 9 heteroatoms. The lowest BCUT2D eigenvalue weighted by Crippen LogP contribution is -2.26. The first-order chi connectivity index (χ1) is 13.5. The molecule has 0 unspecified atom stereocenters. The van der Waals surface area contributed by atoms with Crippen molar-refractivity contribution in [1.29, 1.82) is 0 Å². The zero-order valence-electron chi connectivity index (χ0n) is 16.2. The van der Waals surface area contributed by atoms with Crippen molar-refractivity contribution in [3.05, 3.63) is 32.8 Å². The molecule has 0 saturated carbocycles. The lowest BCUT2D eigenvalue weighted by Gasteiger charge is -2.15. The van der Waals surface area contributed by atoms with E-state index in [2.05, 4.69) is 20.3 Å². The molecule has 1 atom stereocenters. The van der Waals surface area contributed by atoms with E-state index in [0.29, 0.717) is 18.0 Å². The molecular weight excluding hydrogens is 394 g/mol. The highest BCUT2D eigenvalue weighted by molar-refractivity contribution is 7.20. The van der Waals surface area contributed by atoms with Crippen molar-refractivity contribution >= 4 is 44.6 Å². The van der Waals surface area contributed by atoms with E-state index in [1.165, 1.54) is 11.3 Å². The average Bonchev–Trinajstić information content (AvgIpc) is 3.41. The Morgan fingerprint density at radius 3 is 2.96 bits per heavy atom. The number of rotatable bonds is 6. The molecule has 3 aromatic heterocycles. The first-order valence-electron chi connectivity index (χ1n) is 9.29. The maximum Gasteiger partial charge on any atom is 0.264 e. The fourth-order valence-corrected chi connectivity index (χ4v) is 5.32. The summed E-state index contributed by atoms with van der Waals surface area (Å²) >= 11 is 2.99. The van der Waals surface area contributed by atoms with Crippen LogP contribution in [0.3, 0.4) is 0 Å². The fraction of sp³-hybridized carbons (Fsp3) is 0.474. The number of amides is 1. The molecular formula is C19H23N5O2S2. The molecule has 0 radical (unpaired) electrons. The molecule has 1 saturated heterocycles. The normalized spacial score (nSPS) is 16.6. The summed E-state index contributed by atoms with van der Waals surface area (Å²) in [6.07, 6.45) is 3.94. The molecule has 1 aliphatic heterocycles. The Bertz CT molecular complexity index is 994. The van der Waals surface area contributed by atoms with Gasteiger partial charge in [-0.25, -0.2) is 15.0 Å². The minimum atomic E-state index is -0.0153. The number of anilines is 1. The zero-order valence-corrected chi connectivity index (χ0v) is 17.8. The van der Waals surface area contributed by atoms with Crippen molar-refractivity contribution in [2.24, 2.45) is 0 Å². The van der Waals surface area contributed by atoms with E-state index >= 15 is 0 Å². The van der Waals surface area contributed by atoms with Gasteiger partial charge in [-0.05, 0) is 32.3 Å². The molecule has 148 valence electrons. The van der Waals surface area contributed by atoms with E-state index < -0.39 is 0 Å². The van der Waals surface area contributed by atoms with Gasteiger partial charge >= 0.3 is 0 Å². The number of carbonyl (C=O) groups excluding carboxylic acids is 1. The van der Waals surface area contributed by atoms with Gasteiger partial charge in [0.2, 0.25) is 0 Å². The van der Waals surface area contributed by atoms with Crippen LogP contribution in [0.5, 0.6) is 0 Å². The number of nitrogens with one attached hydrogen (secondary N) is 1. The Kier molecular flexibility index (Phi) is 5.56. The number of hydrogen-bond acceptors (Lipinski definition) is 8. The molecule has 0 bridgehead atoms. The third-order valence-corrected chi connectivity index (χ3v) is 6.97. The standard InChI is InChI=1S/C19H23N5O2S2/c1-11-9-27-14(23-11)8-24(3)19(25)16-12(2)15-17(21-10-22-18(15)28-16)20-7-13-5-4-6-26-13/h9-10,13H,4-8H2,1-3H3,(H,20,21,22)/t13-/m1/s1. The molecule has 1 amide bonds. The van der Waals surface area contributed by atoms with Gasteiger partial charge < -0.3 is 15.0 Å². The van der Waals surface area contributed by atoms with Gasteiger partial charge in [-0.2, -0.15) is 0 Å². The van der Waals surface area contributed by atoms with Crippen molar-refractivity contribution in [2.75, 3.05) is 25.5 Å². The number of ether oxygens (including phenoxy) is 1. The second-order valence-corrected chi connectivity index (χ2v) is 8.96. The first kappa shape index (κ1) is 19.2. The van der Waals surface area contributed by atoms with Gasteiger partial charge in [-0.3, -0.25) is 4.79 Å². The third-order valence-electron chi connectivity index (χ3n) is 4.83. The molecule has 7 nitrogen and oxygen atoms in total. The van der Waals surface area contributed by atoms with Crippen molar-refractivity contribution in [3.63, 3.8) is 0 Å². The molecule has 1 aliphatic rings.